The molecule has 26 heavy (non-hydrogen) atoms. The second-order valence-corrected chi connectivity index (χ2v) is 7.18. The van der Waals surface area contributed by atoms with Crippen LogP contribution >= 0.6 is 11.6 Å². The Hall–Kier alpha value is -2.27. The average molecular weight is 363 g/mol. The van der Waals surface area contributed by atoms with Crippen molar-refractivity contribution in [2.75, 3.05) is 0 Å². The highest BCUT2D eigenvalue weighted by Gasteiger charge is 2.18. The molecule has 1 N–H and O–H groups in total. The molecule has 0 aliphatic rings. The third-order valence-corrected chi connectivity index (χ3v) is 5.12. The van der Waals surface area contributed by atoms with Gasteiger partial charge < -0.3 is 5.11 Å². The van der Waals surface area contributed by atoms with Gasteiger partial charge in [-0.05, 0) is 71.5 Å². The Labute approximate surface area is 160 Å². The van der Waals surface area contributed by atoms with Gasteiger partial charge in [0.15, 0.2) is 0 Å². The molecule has 132 valence electrons. The van der Waals surface area contributed by atoms with Gasteiger partial charge in [0.1, 0.15) is 5.60 Å². The summed E-state index contributed by atoms with van der Waals surface area (Å²) in [4.78, 5) is 0. The van der Waals surface area contributed by atoms with E-state index in [2.05, 4.69) is 43.0 Å². The number of fused-ring (bicyclic) bond motifs is 1. The van der Waals surface area contributed by atoms with Gasteiger partial charge >= 0.3 is 0 Å². The zero-order valence-electron chi connectivity index (χ0n) is 15.4. The van der Waals surface area contributed by atoms with Crippen molar-refractivity contribution in [2.24, 2.45) is 0 Å². The zero-order chi connectivity index (χ0) is 18.7. The Balaban J connectivity index is 2.14. The molecule has 0 aromatic heterocycles. The van der Waals surface area contributed by atoms with Crippen LogP contribution in [0.2, 0.25) is 5.02 Å². The molecule has 0 heterocycles. The van der Waals surface area contributed by atoms with E-state index < -0.39 is 5.60 Å². The molecule has 0 atom stereocenters. The SMILES string of the molecule is CCC(O)(C#Cc1ccc2cc(C)cc(-c3ccc(Cl)cc3)c2c1)CC. The molecule has 0 saturated heterocycles. The molecule has 0 amide bonds. The molecule has 0 saturated carbocycles. The fourth-order valence-corrected chi connectivity index (χ4v) is 3.20. The predicted molar refractivity (Wildman–Crippen MR) is 112 cm³/mol. The molecule has 0 bridgehead atoms. The van der Waals surface area contributed by atoms with Crippen LogP contribution in [0.25, 0.3) is 21.9 Å². The summed E-state index contributed by atoms with van der Waals surface area (Å²) in [7, 11) is 0. The number of benzene rings is 3. The van der Waals surface area contributed by atoms with Crippen LogP contribution in [0.3, 0.4) is 0 Å². The van der Waals surface area contributed by atoms with Crippen molar-refractivity contribution in [1.29, 1.82) is 0 Å². The van der Waals surface area contributed by atoms with Crippen LogP contribution in [0.15, 0.2) is 54.6 Å². The Kier molecular flexibility index (Phi) is 5.37. The lowest BCUT2D eigenvalue weighted by molar-refractivity contribution is 0.0931. The first-order valence-corrected chi connectivity index (χ1v) is 9.38. The van der Waals surface area contributed by atoms with Gasteiger partial charge in [-0.2, -0.15) is 0 Å². The van der Waals surface area contributed by atoms with E-state index in [-0.39, 0.29) is 0 Å². The summed E-state index contributed by atoms with van der Waals surface area (Å²) in [6, 6.07) is 18.5. The molecule has 0 aliphatic carbocycles. The third-order valence-electron chi connectivity index (χ3n) is 4.86. The maximum absolute atomic E-state index is 10.4. The van der Waals surface area contributed by atoms with Crippen LogP contribution in [0.1, 0.15) is 37.8 Å². The van der Waals surface area contributed by atoms with Crippen molar-refractivity contribution >= 4 is 22.4 Å². The lowest BCUT2D eigenvalue weighted by Gasteiger charge is -2.17. The average Bonchev–Trinajstić information content (AvgIpc) is 2.66. The van der Waals surface area contributed by atoms with Crippen molar-refractivity contribution in [3.63, 3.8) is 0 Å². The summed E-state index contributed by atoms with van der Waals surface area (Å²) < 4.78 is 0. The van der Waals surface area contributed by atoms with Gasteiger partial charge in [-0.25, -0.2) is 0 Å². The lowest BCUT2D eigenvalue weighted by Crippen LogP contribution is -2.23. The van der Waals surface area contributed by atoms with E-state index in [4.69, 9.17) is 11.6 Å². The Bertz CT molecular complexity index is 986. The van der Waals surface area contributed by atoms with E-state index in [1.54, 1.807) is 0 Å². The van der Waals surface area contributed by atoms with Crippen LogP contribution in [-0.2, 0) is 0 Å². The van der Waals surface area contributed by atoms with Gasteiger partial charge in [0.25, 0.3) is 0 Å². The molecule has 1 nitrogen and oxygen atoms in total. The maximum atomic E-state index is 10.4. The highest BCUT2D eigenvalue weighted by Crippen LogP contribution is 2.31. The van der Waals surface area contributed by atoms with Crippen molar-refractivity contribution < 1.29 is 5.11 Å². The predicted octanol–water partition coefficient (Wildman–Crippen LogP) is 6.37. The number of halogens is 1. The number of rotatable bonds is 3. The Morgan fingerprint density at radius 1 is 0.962 bits per heavy atom. The smallest absolute Gasteiger partial charge is 0.125 e. The summed E-state index contributed by atoms with van der Waals surface area (Å²) in [5.41, 5.74) is 3.51. The van der Waals surface area contributed by atoms with Gasteiger partial charge in [0.2, 0.25) is 0 Å². The standard InChI is InChI=1S/C24H23ClO/c1-4-24(26,5-2)13-12-18-6-7-20-14-17(3)15-22(23(20)16-18)19-8-10-21(25)11-9-19/h6-11,14-16,26H,4-5H2,1-3H3. The van der Waals surface area contributed by atoms with Gasteiger partial charge in [-0.15, -0.1) is 0 Å². The molecule has 0 unspecified atom stereocenters. The Morgan fingerprint density at radius 3 is 2.31 bits per heavy atom. The minimum atomic E-state index is -0.915. The number of aryl methyl sites for hydroxylation is 1. The molecular formula is C24H23ClO. The molecule has 0 fully saturated rings. The van der Waals surface area contributed by atoms with E-state index in [9.17, 15) is 5.11 Å². The third kappa shape index (κ3) is 3.93. The van der Waals surface area contributed by atoms with Crippen molar-refractivity contribution in [1.82, 2.24) is 0 Å². The van der Waals surface area contributed by atoms with Crippen molar-refractivity contribution in [3.05, 3.63) is 70.7 Å². The van der Waals surface area contributed by atoms with Crippen molar-refractivity contribution in [3.8, 4) is 23.0 Å². The van der Waals surface area contributed by atoms with E-state index >= 15 is 0 Å². The molecule has 0 aliphatic heterocycles. The fourth-order valence-electron chi connectivity index (χ4n) is 3.07. The minimum absolute atomic E-state index is 0.624. The molecular weight excluding hydrogens is 340 g/mol. The largest absolute Gasteiger partial charge is 0.378 e. The molecule has 3 aromatic rings. The first kappa shape index (κ1) is 18.5. The monoisotopic (exact) mass is 362 g/mol. The first-order valence-electron chi connectivity index (χ1n) is 9.00. The minimum Gasteiger partial charge on any atom is -0.378 e. The maximum Gasteiger partial charge on any atom is 0.125 e. The van der Waals surface area contributed by atoms with E-state index in [0.717, 1.165) is 21.5 Å². The highest BCUT2D eigenvalue weighted by molar-refractivity contribution is 6.30. The van der Waals surface area contributed by atoms with E-state index in [1.165, 1.54) is 16.5 Å². The van der Waals surface area contributed by atoms with Gasteiger partial charge in [0, 0.05) is 10.6 Å². The van der Waals surface area contributed by atoms with Crippen LogP contribution in [0.4, 0.5) is 0 Å². The van der Waals surface area contributed by atoms with Gasteiger partial charge in [-0.1, -0.05) is 67.6 Å². The van der Waals surface area contributed by atoms with E-state index in [0.29, 0.717) is 12.8 Å². The summed E-state index contributed by atoms with van der Waals surface area (Å²) in [6.07, 6.45) is 1.25. The summed E-state index contributed by atoms with van der Waals surface area (Å²) in [6.45, 7) is 6.02. The second-order valence-electron chi connectivity index (χ2n) is 6.74. The summed E-state index contributed by atoms with van der Waals surface area (Å²) in [5, 5.41) is 13.5. The van der Waals surface area contributed by atoms with Gasteiger partial charge in [0.05, 0.1) is 0 Å². The molecule has 3 rings (SSSR count). The number of hydrogen-bond donors (Lipinski definition) is 1. The quantitative estimate of drug-likeness (QED) is 0.536. The first-order chi connectivity index (χ1) is 12.4. The highest BCUT2D eigenvalue weighted by atomic mass is 35.5. The van der Waals surface area contributed by atoms with Crippen LogP contribution in [0.5, 0.6) is 0 Å². The summed E-state index contributed by atoms with van der Waals surface area (Å²) >= 11 is 6.04. The fraction of sp³-hybridized carbons (Fsp3) is 0.250. The molecule has 3 aromatic carbocycles. The number of hydrogen-bond acceptors (Lipinski definition) is 1. The summed E-state index contributed by atoms with van der Waals surface area (Å²) in [5.74, 6) is 6.20. The van der Waals surface area contributed by atoms with E-state index in [1.807, 2.05) is 44.2 Å². The number of aliphatic hydroxyl groups is 1. The Morgan fingerprint density at radius 2 is 1.65 bits per heavy atom. The topological polar surface area (TPSA) is 20.2 Å². The lowest BCUT2D eigenvalue weighted by atomic mass is 9.94. The van der Waals surface area contributed by atoms with Crippen molar-refractivity contribution in [2.45, 2.75) is 39.2 Å². The van der Waals surface area contributed by atoms with Gasteiger partial charge in [-0.3, -0.25) is 0 Å². The second kappa shape index (κ2) is 7.54. The molecule has 2 heteroatoms. The van der Waals surface area contributed by atoms with Crippen LogP contribution < -0.4 is 0 Å². The van der Waals surface area contributed by atoms with Crippen LogP contribution in [-0.4, -0.2) is 10.7 Å². The molecule has 0 radical (unpaired) electrons. The zero-order valence-corrected chi connectivity index (χ0v) is 16.2. The van der Waals surface area contributed by atoms with Crippen LogP contribution in [0, 0.1) is 18.8 Å². The molecule has 0 spiro atoms. The normalized spacial score (nSPS) is 11.3.